The van der Waals surface area contributed by atoms with Crippen molar-refractivity contribution in [2.24, 2.45) is 0 Å². The summed E-state index contributed by atoms with van der Waals surface area (Å²) in [6, 6.07) is 1.22. The average Bonchev–Trinajstić information content (AvgIpc) is 2.10. The summed E-state index contributed by atoms with van der Waals surface area (Å²) in [7, 11) is 0. The molecule has 0 aliphatic rings. The molecule has 4 N–H and O–H groups in total. The van der Waals surface area contributed by atoms with Crippen molar-refractivity contribution in [3.8, 4) is 0 Å². The molecule has 0 radical (unpaired) electrons. The number of hydrogen-bond donors (Lipinski definition) is 3. The first-order valence-electron chi connectivity index (χ1n) is 4.32. The summed E-state index contributed by atoms with van der Waals surface area (Å²) in [5, 5.41) is 3.10. The van der Waals surface area contributed by atoms with Gasteiger partial charge in [0.2, 0.25) is 5.91 Å². The number of nitrogens with two attached hydrogens (primary N) is 1. The van der Waals surface area contributed by atoms with Crippen LogP contribution in [-0.2, 0) is 4.79 Å². The molecule has 1 amide bonds. The third-order valence-corrected chi connectivity index (χ3v) is 2.33. The lowest BCUT2D eigenvalue weighted by Crippen LogP contribution is -2.22. The second-order valence-electron chi connectivity index (χ2n) is 2.81. The predicted molar refractivity (Wildman–Crippen MR) is 58.7 cm³/mol. The highest BCUT2D eigenvalue weighted by atomic mass is 32.2. The molecule has 0 spiro atoms. The molecule has 0 aromatic carbocycles. The van der Waals surface area contributed by atoms with Crippen LogP contribution in [-0.4, -0.2) is 28.2 Å². The maximum absolute atomic E-state index is 11.0. The van der Waals surface area contributed by atoms with E-state index in [1.165, 1.54) is 24.8 Å². The molecule has 0 bridgehead atoms. The van der Waals surface area contributed by atoms with E-state index in [0.29, 0.717) is 17.5 Å². The summed E-state index contributed by atoms with van der Waals surface area (Å²) in [6.45, 7) is 1.98. The van der Waals surface area contributed by atoms with Gasteiger partial charge in [-0.1, -0.05) is 11.8 Å². The van der Waals surface area contributed by atoms with Crippen LogP contribution in [0, 0.1) is 0 Å². The zero-order chi connectivity index (χ0) is 11.3. The normalized spacial score (nSPS) is 9.93. The number of anilines is 1. The van der Waals surface area contributed by atoms with E-state index in [4.69, 9.17) is 5.73 Å². The molecule has 6 nitrogen and oxygen atoms in total. The Kier molecular flexibility index (Phi) is 4.17. The van der Waals surface area contributed by atoms with Crippen molar-refractivity contribution in [1.29, 1.82) is 0 Å². The monoisotopic (exact) mass is 228 g/mol. The molecule has 1 aromatic rings. The van der Waals surface area contributed by atoms with Gasteiger partial charge in [0, 0.05) is 25.3 Å². The van der Waals surface area contributed by atoms with Gasteiger partial charge in [0.15, 0.2) is 5.16 Å². The molecule has 0 aliphatic carbocycles. The predicted octanol–water partition coefficient (Wildman–Crippen LogP) is -0.420. The molecule has 15 heavy (non-hydrogen) atoms. The number of aromatic amines is 1. The number of nitrogen functional groups attached to an aromatic ring is 1. The smallest absolute Gasteiger partial charge is 0.253 e. The highest BCUT2D eigenvalue weighted by Gasteiger charge is 1.99. The average molecular weight is 228 g/mol. The number of nitrogens with one attached hydrogen (secondary N) is 2. The highest BCUT2D eigenvalue weighted by Crippen LogP contribution is 2.10. The zero-order valence-electron chi connectivity index (χ0n) is 8.24. The second-order valence-corrected chi connectivity index (χ2v) is 3.89. The van der Waals surface area contributed by atoms with E-state index < -0.39 is 0 Å². The number of carbonyl (C=O) groups excluding carboxylic acids is 1. The van der Waals surface area contributed by atoms with Crippen molar-refractivity contribution >= 4 is 23.5 Å². The standard InChI is InChI=1S/C8H12N4O2S/c1-5(13)10-2-3-15-8-11-6(9)4-7(14)12-8/h4H,2-3H2,1H3,(H,10,13)(H3,9,11,12,14). The van der Waals surface area contributed by atoms with Crippen molar-refractivity contribution in [3.63, 3.8) is 0 Å². The molecule has 82 valence electrons. The van der Waals surface area contributed by atoms with Gasteiger partial charge in [-0.25, -0.2) is 4.98 Å². The lowest BCUT2D eigenvalue weighted by molar-refractivity contribution is -0.118. The third kappa shape index (κ3) is 4.50. The lowest BCUT2D eigenvalue weighted by atomic mass is 10.6. The van der Waals surface area contributed by atoms with Crippen molar-refractivity contribution in [1.82, 2.24) is 15.3 Å². The fraction of sp³-hybridized carbons (Fsp3) is 0.375. The largest absolute Gasteiger partial charge is 0.383 e. The number of thioether (sulfide) groups is 1. The molecule has 0 saturated heterocycles. The second kappa shape index (κ2) is 5.40. The van der Waals surface area contributed by atoms with Gasteiger partial charge in [-0.3, -0.25) is 9.59 Å². The molecular weight excluding hydrogens is 216 g/mol. The van der Waals surface area contributed by atoms with E-state index in [9.17, 15) is 9.59 Å². The van der Waals surface area contributed by atoms with E-state index in [1.54, 1.807) is 0 Å². The van der Waals surface area contributed by atoms with Crippen LogP contribution < -0.4 is 16.6 Å². The van der Waals surface area contributed by atoms with Crippen LogP contribution in [0.15, 0.2) is 16.0 Å². The van der Waals surface area contributed by atoms with Crippen molar-refractivity contribution in [3.05, 3.63) is 16.4 Å². The Labute approximate surface area is 90.7 Å². The zero-order valence-corrected chi connectivity index (χ0v) is 9.06. The summed E-state index contributed by atoms with van der Waals surface area (Å²) in [5.41, 5.74) is 5.12. The lowest BCUT2D eigenvalue weighted by Gasteiger charge is -2.02. The summed E-state index contributed by atoms with van der Waals surface area (Å²) in [4.78, 5) is 28.0. The third-order valence-electron chi connectivity index (χ3n) is 1.45. The van der Waals surface area contributed by atoms with Crippen LogP contribution in [0.4, 0.5) is 5.82 Å². The molecule has 0 aliphatic heterocycles. The fourth-order valence-electron chi connectivity index (χ4n) is 0.896. The van der Waals surface area contributed by atoms with Gasteiger partial charge in [0.05, 0.1) is 0 Å². The number of amides is 1. The molecule has 0 unspecified atom stereocenters. The summed E-state index contributed by atoms with van der Waals surface area (Å²) < 4.78 is 0. The summed E-state index contributed by atoms with van der Waals surface area (Å²) >= 11 is 1.33. The number of aromatic nitrogens is 2. The minimum atomic E-state index is -0.274. The van der Waals surface area contributed by atoms with E-state index >= 15 is 0 Å². The van der Waals surface area contributed by atoms with E-state index in [0.717, 1.165) is 0 Å². The number of carbonyl (C=O) groups is 1. The minimum absolute atomic E-state index is 0.0790. The van der Waals surface area contributed by atoms with Crippen molar-refractivity contribution in [2.45, 2.75) is 12.1 Å². The topological polar surface area (TPSA) is 101 Å². The van der Waals surface area contributed by atoms with Crippen molar-refractivity contribution in [2.75, 3.05) is 18.0 Å². The first-order chi connectivity index (χ1) is 7.08. The fourth-order valence-corrected chi connectivity index (χ4v) is 1.64. The SMILES string of the molecule is CC(=O)NCCSc1nc(N)cc(=O)[nH]1. The van der Waals surface area contributed by atoms with E-state index in [1.807, 2.05) is 0 Å². The van der Waals surface area contributed by atoms with Crippen LogP contribution in [0.5, 0.6) is 0 Å². The molecule has 0 saturated carbocycles. The van der Waals surface area contributed by atoms with Gasteiger partial charge in [-0.05, 0) is 0 Å². The van der Waals surface area contributed by atoms with Crippen LogP contribution in [0.2, 0.25) is 0 Å². The quantitative estimate of drug-likeness (QED) is 0.369. The number of nitrogens with zero attached hydrogens (tertiary/aromatic N) is 1. The van der Waals surface area contributed by atoms with Crippen LogP contribution in [0.3, 0.4) is 0 Å². The van der Waals surface area contributed by atoms with Crippen molar-refractivity contribution < 1.29 is 4.79 Å². The van der Waals surface area contributed by atoms with Crippen LogP contribution in [0.1, 0.15) is 6.92 Å². The van der Waals surface area contributed by atoms with Gasteiger partial charge < -0.3 is 16.0 Å². The van der Waals surface area contributed by atoms with E-state index in [-0.39, 0.29) is 17.3 Å². The number of H-pyrrole nitrogens is 1. The molecule has 7 heteroatoms. The maximum Gasteiger partial charge on any atom is 0.253 e. The number of hydrogen-bond acceptors (Lipinski definition) is 5. The van der Waals surface area contributed by atoms with Crippen LogP contribution in [0.25, 0.3) is 0 Å². The van der Waals surface area contributed by atoms with Gasteiger partial charge in [0.25, 0.3) is 5.56 Å². The van der Waals surface area contributed by atoms with Gasteiger partial charge >= 0.3 is 0 Å². The Hall–Kier alpha value is -1.50. The van der Waals surface area contributed by atoms with Gasteiger partial charge in [-0.2, -0.15) is 0 Å². The molecule has 0 fully saturated rings. The molecule has 1 rings (SSSR count). The molecule has 1 heterocycles. The highest BCUT2D eigenvalue weighted by molar-refractivity contribution is 7.99. The van der Waals surface area contributed by atoms with Crippen LogP contribution >= 0.6 is 11.8 Å². The Balaban J connectivity index is 2.44. The minimum Gasteiger partial charge on any atom is -0.383 e. The van der Waals surface area contributed by atoms with Gasteiger partial charge in [0.1, 0.15) is 5.82 Å². The summed E-state index contributed by atoms with van der Waals surface area (Å²) in [5.74, 6) is 0.747. The van der Waals surface area contributed by atoms with Gasteiger partial charge in [-0.15, -0.1) is 0 Å². The molecular formula is C8H12N4O2S. The number of rotatable bonds is 4. The Morgan fingerprint density at radius 2 is 2.47 bits per heavy atom. The first kappa shape index (κ1) is 11.6. The first-order valence-corrected chi connectivity index (χ1v) is 5.30. The maximum atomic E-state index is 11.0. The Bertz CT molecular complexity index is 404. The molecule has 1 aromatic heterocycles. The molecule has 0 atom stereocenters. The van der Waals surface area contributed by atoms with E-state index in [2.05, 4.69) is 15.3 Å². The Morgan fingerprint density at radius 3 is 3.07 bits per heavy atom. The summed E-state index contributed by atoms with van der Waals surface area (Å²) in [6.07, 6.45) is 0. The Morgan fingerprint density at radius 1 is 1.73 bits per heavy atom.